The van der Waals surface area contributed by atoms with Gasteiger partial charge in [-0.2, -0.15) is 0 Å². The van der Waals surface area contributed by atoms with Crippen molar-refractivity contribution in [2.24, 2.45) is 11.7 Å². The number of aromatic nitrogens is 1. The fourth-order valence-electron chi connectivity index (χ4n) is 2.80. The molecule has 4 heteroatoms. The van der Waals surface area contributed by atoms with Crippen molar-refractivity contribution in [3.8, 4) is 10.4 Å². The average molecular weight is 287 g/mol. The molecule has 0 bridgehead atoms. The molecule has 0 radical (unpaired) electrons. The third-order valence-corrected chi connectivity index (χ3v) is 5.12. The molecule has 0 unspecified atom stereocenters. The summed E-state index contributed by atoms with van der Waals surface area (Å²) in [4.78, 5) is 8.28. The first-order valence-electron chi connectivity index (χ1n) is 7.33. The minimum absolute atomic E-state index is 0.810. The van der Waals surface area contributed by atoms with Crippen molar-refractivity contribution < 1.29 is 0 Å². The van der Waals surface area contributed by atoms with E-state index >= 15 is 0 Å². The van der Waals surface area contributed by atoms with Gasteiger partial charge < -0.3 is 10.6 Å². The standard InChI is InChI=1S/C16H21N3S/c17-9-6-13-7-10-19(11-8-13)16-18-12-15(20-16)14-4-2-1-3-5-14/h1-5,12-13H,6-11,17H2. The van der Waals surface area contributed by atoms with E-state index in [1.165, 1.54) is 29.7 Å². The Morgan fingerprint density at radius 2 is 1.95 bits per heavy atom. The van der Waals surface area contributed by atoms with Crippen molar-refractivity contribution >= 4 is 16.5 Å². The predicted molar refractivity (Wildman–Crippen MR) is 86.2 cm³/mol. The first-order valence-corrected chi connectivity index (χ1v) is 8.14. The normalized spacial score (nSPS) is 16.6. The maximum atomic E-state index is 5.65. The molecular weight excluding hydrogens is 266 g/mol. The predicted octanol–water partition coefficient (Wildman–Crippen LogP) is 3.38. The van der Waals surface area contributed by atoms with E-state index in [0.717, 1.165) is 30.7 Å². The van der Waals surface area contributed by atoms with Crippen molar-refractivity contribution in [2.75, 3.05) is 24.5 Å². The fourth-order valence-corrected chi connectivity index (χ4v) is 3.77. The largest absolute Gasteiger partial charge is 0.348 e. The summed E-state index contributed by atoms with van der Waals surface area (Å²) < 4.78 is 0. The quantitative estimate of drug-likeness (QED) is 0.937. The lowest BCUT2D eigenvalue weighted by atomic mass is 9.94. The Kier molecular flexibility index (Phi) is 4.33. The molecule has 3 nitrogen and oxygen atoms in total. The molecule has 0 aliphatic carbocycles. The average Bonchev–Trinajstić information content (AvgIpc) is 2.99. The van der Waals surface area contributed by atoms with E-state index in [1.807, 2.05) is 12.3 Å². The van der Waals surface area contributed by atoms with Gasteiger partial charge in [0.15, 0.2) is 5.13 Å². The molecule has 2 heterocycles. The van der Waals surface area contributed by atoms with Crippen LogP contribution in [0.25, 0.3) is 10.4 Å². The van der Waals surface area contributed by atoms with E-state index in [0.29, 0.717) is 0 Å². The summed E-state index contributed by atoms with van der Waals surface area (Å²) in [6, 6.07) is 10.5. The summed E-state index contributed by atoms with van der Waals surface area (Å²) in [5, 5.41) is 1.16. The molecule has 1 aromatic heterocycles. The number of benzene rings is 1. The second-order valence-electron chi connectivity index (χ2n) is 5.38. The number of piperidine rings is 1. The van der Waals surface area contributed by atoms with Crippen LogP contribution in [0.5, 0.6) is 0 Å². The zero-order chi connectivity index (χ0) is 13.8. The lowest BCUT2D eigenvalue weighted by Crippen LogP contribution is -2.34. The zero-order valence-electron chi connectivity index (χ0n) is 11.7. The first-order chi connectivity index (χ1) is 9.86. The highest BCUT2D eigenvalue weighted by molar-refractivity contribution is 7.18. The van der Waals surface area contributed by atoms with Gasteiger partial charge in [0.2, 0.25) is 0 Å². The van der Waals surface area contributed by atoms with Gasteiger partial charge in [0, 0.05) is 19.3 Å². The highest BCUT2D eigenvalue weighted by Gasteiger charge is 2.20. The number of rotatable bonds is 4. The molecule has 1 fully saturated rings. The summed E-state index contributed by atoms with van der Waals surface area (Å²) in [7, 11) is 0. The second-order valence-corrected chi connectivity index (χ2v) is 6.39. The zero-order valence-corrected chi connectivity index (χ0v) is 12.5. The smallest absolute Gasteiger partial charge is 0.185 e. The Morgan fingerprint density at radius 3 is 2.65 bits per heavy atom. The molecule has 1 aromatic carbocycles. The molecular formula is C16H21N3S. The van der Waals surface area contributed by atoms with Crippen molar-refractivity contribution in [3.63, 3.8) is 0 Å². The van der Waals surface area contributed by atoms with Crippen LogP contribution in [0.15, 0.2) is 36.5 Å². The molecule has 1 aliphatic rings. The van der Waals surface area contributed by atoms with E-state index < -0.39 is 0 Å². The van der Waals surface area contributed by atoms with Crippen LogP contribution < -0.4 is 10.6 Å². The van der Waals surface area contributed by atoms with Gasteiger partial charge in [-0.1, -0.05) is 41.7 Å². The number of anilines is 1. The number of hydrogen-bond donors (Lipinski definition) is 1. The van der Waals surface area contributed by atoms with Crippen LogP contribution in [0.3, 0.4) is 0 Å². The minimum Gasteiger partial charge on any atom is -0.348 e. The Labute approximate surface area is 124 Å². The van der Waals surface area contributed by atoms with Gasteiger partial charge in [-0.3, -0.25) is 0 Å². The number of nitrogens with two attached hydrogens (primary N) is 1. The maximum Gasteiger partial charge on any atom is 0.185 e. The first kappa shape index (κ1) is 13.6. The van der Waals surface area contributed by atoms with Crippen molar-refractivity contribution in [3.05, 3.63) is 36.5 Å². The Morgan fingerprint density at radius 1 is 1.20 bits per heavy atom. The molecule has 0 amide bonds. The third kappa shape index (κ3) is 3.02. The van der Waals surface area contributed by atoms with Gasteiger partial charge >= 0.3 is 0 Å². The number of hydrogen-bond acceptors (Lipinski definition) is 4. The molecule has 3 rings (SSSR count). The molecule has 2 aromatic rings. The fraction of sp³-hybridized carbons (Fsp3) is 0.438. The second kappa shape index (κ2) is 6.37. The number of thiazole rings is 1. The van der Waals surface area contributed by atoms with Crippen molar-refractivity contribution in [1.82, 2.24) is 4.98 Å². The summed E-state index contributed by atoms with van der Waals surface area (Å²) in [6.07, 6.45) is 5.66. The molecule has 106 valence electrons. The Balaban J connectivity index is 1.66. The van der Waals surface area contributed by atoms with E-state index in [9.17, 15) is 0 Å². The van der Waals surface area contributed by atoms with Crippen molar-refractivity contribution in [1.29, 1.82) is 0 Å². The van der Waals surface area contributed by atoms with E-state index in [4.69, 9.17) is 5.73 Å². The van der Waals surface area contributed by atoms with E-state index in [-0.39, 0.29) is 0 Å². The molecule has 0 saturated carbocycles. The molecule has 0 spiro atoms. The summed E-state index contributed by atoms with van der Waals surface area (Å²) in [5.74, 6) is 0.810. The molecule has 2 N–H and O–H groups in total. The maximum absolute atomic E-state index is 5.65. The Hall–Kier alpha value is -1.39. The van der Waals surface area contributed by atoms with Gasteiger partial charge in [0.25, 0.3) is 0 Å². The summed E-state index contributed by atoms with van der Waals surface area (Å²) >= 11 is 1.80. The van der Waals surface area contributed by atoms with Gasteiger partial charge in [0.1, 0.15) is 0 Å². The van der Waals surface area contributed by atoms with Gasteiger partial charge in [0.05, 0.1) is 4.88 Å². The van der Waals surface area contributed by atoms with Crippen LogP contribution in [-0.4, -0.2) is 24.6 Å². The molecule has 0 atom stereocenters. The van der Waals surface area contributed by atoms with Crippen LogP contribution in [0.4, 0.5) is 5.13 Å². The molecule has 1 saturated heterocycles. The SMILES string of the molecule is NCCC1CCN(c2ncc(-c3ccccc3)s2)CC1. The van der Waals surface area contributed by atoms with Crippen LogP contribution >= 0.6 is 11.3 Å². The van der Waals surface area contributed by atoms with Gasteiger partial charge in [-0.05, 0) is 37.3 Å². The highest BCUT2D eigenvalue weighted by atomic mass is 32.1. The lowest BCUT2D eigenvalue weighted by Gasteiger charge is -2.31. The minimum atomic E-state index is 0.810. The van der Waals surface area contributed by atoms with Crippen molar-refractivity contribution in [2.45, 2.75) is 19.3 Å². The topological polar surface area (TPSA) is 42.1 Å². The molecule has 1 aliphatic heterocycles. The van der Waals surface area contributed by atoms with E-state index in [1.54, 1.807) is 11.3 Å². The highest BCUT2D eigenvalue weighted by Crippen LogP contribution is 2.33. The van der Waals surface area contributed by atoms with Gasteiger partial charge in [-0.15, -0.1) is 0 Å². The molecule has 20 heavy (non-hydrogen) atoms. The number of nitrogens with zero attached hydrogens (tertiary/aromatic N) is 2. The van der Waals surface area contributed by atoms with Crippen LogP contribution in [0.1, 0.15) is 19.3 Å². The summed E-state index contributed by atoms with van der Waals surface area (Å²) in [6.45, 7) is 3.05. The Bertz CT molecular complexity index is 530. The van der Waals surface area contributed by atoms with E-state index in [2.05, 4.69) is 34.1 Å². The van der Waals surface area contributed by atoms with Crippen LogP contribution in [0, 0.1) is 5.92 Å². The third-order valence-electron chi connectivity index (χ3n) is 4.01. The lowest BCUT2D eigenvalue weighted by molar-refractivity contribution is 0.386. The monoisotopic (exact) mass is 287 g/mol. The van der Waals surface area contributed by atoms with Gasteiger partial charge in [-0.25, -0.2) is 4.98 Å². The van der Waals surface area contributed by atoms with Crippen LogP contribution in [0.2, 0.25) is 0 Å². The van der Waals surface area contributed by atoms with Crippen LogP contribution in [-0.2, 0) is 0 Å². The summed E-state index contributed by atoms with van der Waals surface area (Å²) in [5.41, 5.74) is 6.91.